The normalized spacial score (nSPS) is 20.5. The molecule has 5 heteroatoms. The predicted molar refractivity (Wildman–Crippen MR) is 97.9 cm³/mol. The van der Waals surface area contributed by atoms with E-state index in [4.69, 9.17) is 4.74 Å². The van der Waals surface area contributed by atoms with Crippen molar-refractivity contribution in [1.82, 2.24) is 10.2 Å². The number of nitrogens with zero attached hydrogens (tertiary/aromatic N) is 1. The standard InChI is InChI=1S/C19H24N2O2S/c1-13-12-16-8-11-24-18(16)14(2)21(13)10-9-20-19(22)15-4-6-17(23-3)7-5-15/h4-8,11,13-14H,9-10,12H2,1-3H3,(H,20,22). The van der Waals surface area contributed by atoms with Crippen LogP contribution < -0.4 is 10.1 Å². The van der Waals surface area contributed by atoms with E-state index in [1.54, 1.807) is 19.2 Å². The topological polar surface area (TPSA) is 41.6 Å². The highest BCUT2D eigenvalue weighted by molar-refractivity contribution is 7.10. The van der Waals surface area contributed by atoms with Gasteiger partial charge in [0.2, 0.25) is 0 Å². The monoisotopic (exact) mass is 344 g/mol. The lowest BCUT2D eigenvalue weighted by Crippen LogP contribution is -2.44. The number of hydrogen-bond donors (Lipinski definition) is 1. The number of carbonyl (C=O) groups excluding carboxylic acids is 1. The minimum absolute atomic E-state index is 0.0354. The molecule has 2 atom stereocenters. The number of thiophene rings is 1. The Bertz CT molecular complexity index is 696. The molecule has 3 rings (SSSR count). The Morgan fingerprint density at radius 3 is 2.75 bits per heavy atom. The number of nitrogens with one attached hydrogen (secondary N) is 1. The second-order valence-electron chi connectivity index (χ2n) is 6.26. The number of amides is 1. The van der Waals surface area contributed by atoms with Crippen molar-refractivity contribution in [2.24, 2.45) is 0 Å². The number of fused-ring (bicyclic) bond motifs is 1. The first-order chi connectivity index (χ1) is 11.6. The van der Waals surface area contributed by atoms with Gasteiger partial charge in [0.05, 0.1) is 7.11 Å². The van der Waals surface area contributed by atoms with Crippen LogP contribution in [0.1, 0.15) is 40.7 Å². The van der Waals surface area contributed by atoms with E-state index in [-0.39, 0.29) is 5.91 Å². The van der Waals surface area contributed by atoms with E-state index in [0.717, 1.165) is 18.7 Å². The molecule has 0 aliphatic carbocycles. The highest BCUT2D eigenvalue weighted by atomic mass is 32.1. The third-order valence-electron chi connectivity index (χ3n) is 4.75. The second-order valence-corrected chi connectivity index (χ2v) is 7.21. The summed E-state index contributed by atoms with van der Waals surface area (Å²) in [5.41, 5.74) is 2.15. The molecule has 1 aromatic heterocycles. The van der Waals surface area contributed by atoms with Gasteiger partial charge in [-0.15, -0.1) is 11.3 Å². The third-order valence-corrected chi connectivity index (χ3v) is 5.88. The SMILES string of the molecule is COc1ccc(C(=O)NCCN2C(C)Cc3ccsc3C2C)cc1. The number of hydrogen-bond acceptors (Lipinski definition) is 4. The first-order valence-electron chi connectivity index (χ1n) is 8.34. The van der Waals surface area contributed by atoms with Gasteiger partial charge in [0, 0.05) is 35.6 Å². The van der Waals surface area contributed by atoms with Crippen molar-refractivity contribution in [3.8, 4) is 5.75 Å². The van der Waals surface area contributed by atoms with Crippen LogP contribution in [0.15, 0.2) is 35.7 Å². The van der Waals surface area contributed by atoms with Crippen molar-refractivity contribution in [3.63, 3.8) is 0 Å². The maximum atomic E-state index is 12.2. The van der Waals surface area contributed by atoms with Crippen LogP contribution in [0, 0.1) is 0 Å². The predicted octanol–water partition coefficient (Wildman–Crippen LogP) is 3.49. The lowest BCUT2D eigenvalue weighted by molar-refractivity contribution is 0.0930. The molecule has 0 spiro atoms. The summed E-state index contributed by atoms with van der Waals surface area (Å²) in [6.07, 6.45) is 1.09. The van der Waals surface area contributed by atoms with E-state index in [2.05, 4.69) is 35.5 Å². The zero-order valence-electron chi connectivity index (χ0n) is 14.4. The Morgan fingerprint density at radius 2 is 2.04 bits per heavy atom. The molecular formula is C19H24N2O2S. The van der Waals surface area contributed by atoms with Crippen molar-refractivity contribution in [2.75, 3.05) is 20.2 Å². The van der Waals surface area contributed by atoms with Gasteiger partial charge in [-0.1, -0.05) is 0 Å². The number of benzene rings is 1. The Hall–Kier alpha value is -1.85. The summed E-state index contributed by atoms with van der Waals surface area (Å²) in [4.78, 5) is 16.2. The van der Waals surface area contributed by atoms with Crippen molar-refractivity contribution in [2.45, 2.75) is 32.4 Å². The zero-order valence-corrected chi connectivity index (χ0v) is 15.2. The van der Waals surface area contributed by atoms with Gasteiger partial charge in [-0.25, -0.2) is 0 Å². The molecule has 1 amide bonds. The molecule has 1 N–H and O–H groups in total. The molecule has 2 heterocycles. The van der Waals surface area contributed by atoms with Gasteiger partial charge in [0.25, 0.3) is 5.91 Å². The molecule has 0 saturated carbocycles. The Balaban J connectivity index is 1.55. The third kappa shape index (κ3) is 3.47. The fraction of sp³-hybridized carbons (Fsp3) is 0.421. The molecule has 1 aliphatic heterocycles. The molecule has 1 aromatic carbocycles. The number of ether oxygens (including phenoxy) is 1. The summed E-state index contributed by atoms with van der Waals surface area (Å²) >= 11 is 1.84. The average molecular weight is 344 g/mol. The molecule has 2 aromatic rings. The quantitative estimate of drug-likeness (QED) is 0.903. The van der Waals surface area contributed by atoms with E-state index in [9.17, 15) is 4.79 Å². The minimum atomic E-state index is -0.0354. The van der Waals surface area contributed by atoms with Crippen LogP contribution in [0.5, 0.6) is 5.75 Å². The van der Waals surface area contributed by atoms with Crippen molar-refractivity contribution in [3.05, 3.63) is 51.7 Å². The molecular weight excluding hydrogens is 320 g/mol. The molecule has 0 bridgehead atoms. The van der Waals surface area contributed by atoms with Crippen LogP contribution in [0.4, 0.5) is 0 Å². The van der Waals surface area contributed by atoms with E-state index in [1.165, 1.54) is 10.4 Å². The zero-order chi connectivity index (χ0) is 17.1. The second kappa shape index (κ2) is 7.36. The Kier molecular flexibility index (Phi) is 5.21. The van der Waals surface area contributed by atoms with Crippen LogP contribution in [-0.2, 0) is 6.42 Å². The Labute approximate surface area is 147 Å². The summed E-state index contributed by atoms with van der Waals surface area (Å²) in [7, 11) is 1.62. The smallest absolute Gasteiger partial charge is 0.251 e. The fourth-order valence-corrected chi connectivity index (χ4v) is 4.42. The minimum Gasteiger partial charge on any atom is -0.497 e. The van der Waals surface area contributed by atoms with Gasteiger partial charge >= 0.3 is 0 Å². The number of methoxy groups -OCH3 is 1. The summed E-state index contributed by atoms with van der Waals surface area (Å²) in [6.45, 7) is 6.04. The summed E-state index contributed by atoms with van der Waals surface area (Å²) in [6, 6.07) is 10.4. The number of carbonyl (C=O) groups is 1. The molecule has 0 radical (unpaired) electrons. The van der Waals surface area contributed by atoms with Gasteiger partial charge in [0.15, 0.2) is 0 Å². The molecule has 4 nitrogen and oxygen atoms in total. The average Bonchev–Trinajstić information content (AvgIpc) is 3.06. The van der Waals surface area contributed by atoms with Crippen LogP contribution in [-0.4, -0.2) is 37.0 Å². The molecule has 24 heavy (non-hydrogen) atoms. The van der Waals surface area contributed by atoms with Gasteiger partial charge in [0.1, 0.15) is 5.75 Å². The highest BCUT2D eigenvalue weighted by Crippen LogP contribution is 2.35. The van der Waals surface area contributed by atoms with E-state index >= 15 is 0 Å². The first-order valence-corrected chi connectivity index (χ1v) is 9.22. The Morgan fingerprint density at radius 1 is 1.29 bits per heavy atom. The maximum absolute atomic E-state index is 12.2. The summed E-state index contributed by atoms with van der Waals surface area (Å²) < 4.78 is 5.12. The lowest BCUT2D eigenvalue weighted by Gasteiger charge is -2.38. The highest BCUT2D eigenvalue weighted by Gasteiger charge is 2.29. The van der Waals surface area contributed by atoms with Crippen LogP contribution >= 0.6 is 11.3 Å². The van der Waals surface area contributed by atoms with Crippen molar-refractivity contribution >= 4 is 17.2 Å². The van der Waals surface area contributed by atoms with Crippen LogP contribution in [0.25, 0.3) is 0 Å². The summed E-state index contributed by atoms with van der Waals surface area (Å²) in [5, 5.41) is 5.21. The van der Waals surface area contributed by atoms with Gasteiger partial charge in [-0.05, 0) is 61.5 Å². The summed E-state index contributed by atoms with van der Waals surface area (Å²) in [5.74, 6) is 0.723. The fourth-order valence-electron chi connectivity index (χ4n) is 3.41. The van der Waals surface area contributed by atoms with E-state index in [1.807, 2.05) is 23.5 Å². The van der Waals surface area contributed by atoms with Gasteiger partial charge in [-0.3, -0.25) is 9.69 Å². The van der Waals surface area contributed by atoms with E-state index < -0.39 is 0 Å². The molecule has 0 saturated heterocycles. The van der Waals surface area contributed by atoms with Gasteiger partial charge in [-0.2, -0.15) is 0 Å². The lowest BCUT2D eigenvalue weighted by atomic mass is 9.97. The molecule has 2 unspecified atom stereocenters. The van der Waals surface area contributed by atoms with Crippen molar-refractivity contribution < 1.29 is 9.53 Å². The molecule has 1 aliphatic rings. The molecule has 0 fully saturated rings. The van der Waals surface area contributed by atoms with Gasteiger partial charge < -0.3 is 10.1 Å². The van der Waals surface area contributed by atoms with E-state index in [0.29, 0.717) is 24.2 Å². The first kappa shape index (κ1) is 17.0. The van der Waals surface area contributed by atoms with Crippen LogP contribution in [0.3, 0.4) is 0 Å². The number of rotatable bonds is 5. The van der Waals surface area contributed by atoms with Crippen LogP contribution in [0.2, 0.25) is 0 Å². The molecule has 128 valence electrons. The van der Waals surface area contributed by atoms with Crippen molar-refractivity contribution in [1.29, 1.82) is 0 Å². The maximum Gasteiger partial charge on any atom is 0.251 e. The largest absolute Gasteiger partial charge is 0.497 e.